The third kappa shape index (κ3) is 1.72. The van der Waals surface area contributed by atoms with E-state index in [1.165, 1.54) is 18.2 Å². The highest BCUT2D eigenvalue weighted by Crippen LogP contribution is 2.42. The van der Waals surface area contributed by atoms with Gasteiger partial charge in [-0.25, -0.2) is 0 Å². The molecule has 0 radical (unpaired) electrons. The van der Waals surface area contributed by atoms with Gasteiger partial charge in [-0.2, -0.15) is 0 Å². The van der Waals surface area contributed by atoms with Gasteiger partial charge in [-0.3, -0.25) is 9.59 Å². The van der Waals surface area contributed by atoms with Crippen molar-refractivity contribution >= 4 is 38.9 Å². The Hall–Kier alpha value is -2.54. The first kappa shape index (κ1) is 14.4. The van der Waals surface area contributed by atoms with Crippen LogP contribution in [0.1, 0.15) is 37.4 Å². The van der Waals surface area contributed by atoms with Crippen LogP contribution in [-0.2, 0) is 5.33 Å². The predicted octanol–water partition coefficient (Wildman–Crippen LogP) is 1.93. The zero-order valence-electron chi connectivity index (χ0n) is 11.2. The average molecular weight is 363 g/mol. The fraction of sp³-hybridized carbons (Fsp3) is 0.0667. The summed E-state index contributed by atoms with van der Waals surface area (Å²) in [6, 6.07) is 3.99. The van der Waals surface area contributed by atoms with Gasteiger partial charge in [-0.05, 0) is 18.2 Å². The highest BCUT2D eigenvalue weighted by Gasteiger charge is 2.37. The molecule has 112 valence electrons. The molecule has 6 N–H and O–H groups in total. The van der Waals surface area contributed by atoms with Crippen molar-refractivity contribution in [3.05, 3.63) is 46.0 Å². The molecular formula is C15H11BrN2O4. The van der Waals surface area contributed by atoms with Crippen LogP contribution in [0.4, 0.5) is 11.4 Å². The summed E-state index contributed by atoms with van der Waals surface area (Å²) in [7, 11) is 0. The molecule has 0 atom stereocenters. The second-order valence-corrected chi connectivity index (χ2v) is 5.50. The van der Waals surface area contributed by atoms with Gasteiger partial charge < -0.3 is 21.7 Å². The Bertz CT molecular complexity index is 861. The molecule has 1 aliphatic rings. The number of aromatic hydroxyl groups is 2. The molecule has 3 rings (SSSR count). The third-order valence-electron chi connectivity index (χ3n) is 3.68. The smallest absolute Gasteiger partial charge is 0.200 e. The van der Waals surface area contributed by atoms with Crippen molar-refractivity contribution in [3.8, 4) is 11.5 Å². The van der Waals surface area contributed by atoms with Crippen molar-refractivity contribution in [2.45, 2.75) is 5.33 Å². The lowest BCUT2D eigenvalue weighted by molar-refractivity contribution is 0.0975. The van der Waals surface area contributed by atoms with Gasteiger partial charge in [0.2, 0.25) is 11.6 Å². The number of anilines is 2. The third-order valence-corrected chi connectivity index (χ3v) is 4.28. The van der Waals surface area contributed by atoms with Crippen molar-refractivity contribution in [2.24, 2.45) is 0 Å². The number of nitrogens with two attached hydrogens (primary N) is 2. The Morgan fingerprint density at radius 3 is 2.14 bits per heavy atom. The Labute approximate surface area is 133 Å². The lowest BCUT2D eigenvalue weighted by Gasteiger charge is -2.22. The summed E-state index contributed by atoms with van der Waals surface area (Å²) in [5, 5.41) is 20.5. The van der Waals surface area contributed by atoms with E-state index in [9.17, 15) is 19.8 Å². The molecule has 0 unspecified atom stereocenters. The second-order valence-electron chi connectivity index (χ2n) is 4.94. The largest absolute Gasteiger partial charge is 0.507 e. The van der Waals surface area contributed by atoms with Gasteiger partial charge in [0.25, 0.3) is 0 Å². The molecule has 0 saturated heterocycles. The zero-order valence-corrected chi connectivity index (χ0v) is 12.8. The standard InChI is InChI=1S/C15H11BrN2O4/c16-4-5-3-7(18)10-12(13(5)20)15(22)9-6(17)1-2-8(19)11(9)14(10)21/h1-3,19-20H,4,17-18H2. The number of alkyl halides is 1. The number of hydrogen-bond acceptors (Lipinski definition) is 6. The molecule has 0 fully saturated rings. The van der Waals surface area contributed by atoms with Crippen LogP contribution in [0.15, 0.2) is 18.2 Å². The number of ketones is 2. The van der Waals surface area contributed by atoms with Gasteiger partial charge in [0.15, 0.2) is 0 Å². The monoisotopic (exact) mass is 362 g/mol. The first-order valence-corrected chi connectivity index (χ1v) is 7.41. The highest BCUT2D eigenvalue weighted by atomic mass is 79.9. The Balaban J connectivity index is 2.44. The van der Waals surface area contributed by atoms with E-state index in [1.54, 1.807) is 0 Å². The fourth-order valence-electron chi connectivity index (χ4n) is 2.65. The molecule has 2 aromatic carbocycles. The highest BCUT2D eigenvalue weighted by molar-refractivity contribution is 9.08. The van der Waals surface area contributed by atoms with E-state index in [-0.39, 0.29) is 50.5 Å². The van der Waals surface area contributed by atoms with E-state index in [0.717, 1.165) is 0 Å². The van der Waals surface area contributed by atoms with Crippen molar-refractivity contribution in [1.29, 1.82) is 0 Å². The van der Waals surface area contributed by atoms with E-state index in [0.29, 0.717) is 5.56 Å². The number of fused-ring (bicyclic) bond motifs is 2. The van der Waals surface area contributed by atoms with Gasteiger partial charge in [0.05, 0.1) is 22.3 Å². The number of phenols is 2. The molecule has 1 aliphatic carbocycles. The molecule has 0 aliphatic heterocycles. The minimum atomic E-state index is -0.636. The number of hydrogen-bond donors (Lipinski definition) is 4. The quantitative estimate of drug-likeness (QED) is 0.297. The summed E-state index contributed by atoms with van der Waals surface area (Å²) < 4.78 is 0. The number of phenolic OH excluding ortho intramolecular Hbond substituents is 2. The van der Waals surface area contributed by atoms with Crippen LogP contribution >= 0.6 is 15.9 Å². The maximum atomic E-state index is 12.7. The predicted molar refractivity (Wildman–Crippen MR) is 84.5 cm³/mol. The first-order valence-electron chi connectivity index (χ1n) is 6.29. The summed E-state index contributed by atoms with van der Waals surface area (Å²) in [5.41, 5.74) is 11.6. The Morgan fingerprint density at radius 1 is 0.909 bits per heavy atom. The van der Waals surface area contributed by atoms with Gasteiger partial charge in [-0.1, -0.05) is 15.9 Å². The van der Waals surface area contributed by atoms with E-state index >= 15 is 0 Å². The van der Waals surface area contributed by atoms with Crippen LogP contribution in [0, 0.1) is 0 Å². The SMILES string of the molecule is Nc1ccc(O)c2c1C(=O)c1c(O)c(CBr)cc(N)c1C2=O. The average Bonchev–Trinajstić information content (AvgIpc) is 2.48. The molecule has 0 spiro atoms. The topological polar surface area (TPSA) is 127 Å². The lowest BCUT2D eigenvalue weighted by atomic mass is 9.80. The molecule has 7 heteroatoms. The van der Waals surface area contributed by atoms with E-state index in [1.807, 2.05) is 0 Å². The number of carbonyl (C=O) groups excluding carboxylic acids is 2. The van der Waals surface area contributed by atoms with Crippen LogP contribution in [0.5, 0.6) is 11.5 Å². The second kappa shape index (κ2) is 4.74. The van der Waals surface area contributed by atoms with Crippen LogP contribution < -0.4 is 11.5 Å². The molecule has 0 heterocycles. The molecule has 6 nitrogen and oxygen atoms in total. The normalized spacial score (nSPS) is 13.0. The molecular weight excluding hydrogens is 352 g/mol. The van der Waals surface area contributed by atoms with Gasteiger partial charge in [0, 0.05) is 22.3 Å². The molecule has 22 heavy (non-hydrogen) atoms. The maximum absolute atomic E-state index is 12.7. The fourth-order valence-corrected chi connectivity index (χ4v) is 3.08. The summed E-state index contributed by atoms with van der Waals surface area (Å²) in [4.78, 5) is 25.3. The molecule has 0 amide bonds. The summed E-state index contributed by atoms with van der Waals surface area (Å²) in [6.45, 7) is 0. The zero-order chi connectivity index (χ0) is 16.2. The summed E-state index contributed by atoms with van der Waals surface area (Å²) >= 11 is 3.19. The van der Waals surface area contributed by atoms with Crippen molar-refractivity contribution < 1.29 is 19.8 Å². The van der Waals surface area contributed by atoms with Crippen LogP contribution in [0.3, 0.4) is 0 Å². The van der Waals surface area contributed by atoms with Gasteiger partial charge >= 0.3 is 0 Å². The summed E-state index contributed by atoms with van der Waals surface area (Å²) in [5.74, 6) is -1.93. The lowest BCUT2D eigenvalue weighted by Crippen LogP contribution is -2.24. The number of carbonyl (C=O) groups is 2. The number of rotatable bonds is 1. The van der Waals surface area contributed by atoms with E-state index in [4.69, 9.17) is 11.5 Å². The number of nitrogen functional groups attached to an aromatic ring is 2. The maximum Gasteiger partial charge on any atom is 0.200 e. The minimum absolute atomic E-state index is 0.0546. The molecule has 2 aromatic rings. The Kier molecular flexibility index (Phi) is 3.10. The van der Waals surface area contributed by atoms with E-state index in [2.05, 4.69) is 15.9 Å². The molecule has 0 aromatic heterocycles. The number of benzene rings is 2. The molecule has 0 bridgehead atoms. The minimum Gasteiger partial charge on any atom is -0.507 e. The Morgan fingerprint density at radius 2 is 1.50 bits per heavy atom. The summed E-state index contributed by atoms with van der Waals surface area (Å²) in [6.07, 6.45) is 0. The van der Waals surface area contributed by atoms with Crippen LogP contribution in [0.25, 0.3) is 0 Å². The first-order chi connectivity index (χ1) is 10.4. The van der Waals surface area contributed by atoms with E-state index < -0.39 is 11.6 Å². The molecule has 0 saturated carbocycles. The van der Waals surface area contributed by atoms with Crippen LogP contribution in [-0.4, -0.2) is 21.8 Å². The van der Waals surface area contributed by atoms with Crippen molar-refractivity contribution in [1.82, 2.24) is 0 Å². The van der Waals surface area contributed by atoms with Gasteiger partial charge in [0.1, 0.15) is 11.5 Å². The number of halogens is 1. The van der Waals surface area contributed by atoms with Crippen LogP contribution in [0.2, 0.25) is 0 Å². The van der Waals surface area contributed by atoms with Crippen molar-refractivity contribution in [2.75, 3.05) is 11.5 Å². The van der Waals surface area contributed by atoms with Gasteiger partial charge in [-0.15, -0.1) is 0 Å². The van der Waals surface area contributed by atoms with Crippen molar-refractivity contribution in [3.63, 3.8) is 0 Å².